The van der Waals surface area contributed by atoms with E-state index in [0.717, 1.165) is 0 Å². The van der Waals surface area contributed by atoms with Crippen LogP contribution < -0.4 is 4.74 Å². The van der Waals surface area contributed by atoms with Gasteiger partial charge in [-0.3, -0.25) is 4.79 Å². The van der Waals surface area contributed by atoms with Crippen molar-refractivity contribution in [3.05, 3.63) is 64.3 Å². The number of aliphatic hydroxyl groups is 1. The van der Waals surface area contributed by atoms with E-state index in [-0.39, 0.29) is 11.3 Å². The topological polar surface area (TPSA) is 71.2 Å². The summed E-state index contributed by atoms with van der Waals surface area (Å²) in [6, 6.07) is 11.6. The Hall–Kier alpha value is -2.68. The maximum absolute atomic E-state index is 12.8. The minimum Gasteiger partial charge on any atom is -0.505 e. The third-order valence-electron chi connectivity index (χ3n) is 3.15. The molecule has 0 saturated carbocycles. The molecule has 0 aliphatic carbocycles. The molecule has 0 spiro atoms. The molecule has 0 aliphatic rings. The highest BCUT2D eigenvalue weighted by atomic mass is 79.9. The van der Waals surface area contributed by atoms with Crippen LogP contribution in [0.2, 0.25) is 0 Å². The van der Waals surface area contributed by atoms with Crippen LogP contribution in [0.5, 0.6) is 5.75 Å². The fraction of sp³-hybridized carbons (Fsp3) is 0.118. The van der Waals surface area contributed by atoms with Gasteiger partial charge in [0.05, 0.1) is 12.8 Å². The lowest BCUT2D eigenvalue weighted by molar-refractivity contribution is -0.166. The van der Waals surface area contributed by atoms with Gasteiger partial charge in [0, 0.05) is 10.0 Å². The Balaban J connectivity index is 2.46. The molecule has 0 unspecified atom stereocenters. The first-order valence-electron chi connectivity index (χ1n) is 7.09. The number of halogens is 4. The highest BCUT2D eigenvalue weighted by Crippen LogP contribution is 2.28. The number of Topliss-reactive ketones (excluding diaryl/α,β-unsaturated/α-hetero) is 1. The van der Waals surface area contributed by atoms with Crippen LogP contribution >= 0.6 is 15.9 Å². The van der Waals surface area contributed by atoms with E-state index < -0.39 is 23.4 Å². The number of rotatable bonds is 5. The van der Waals surface area contributed by atoms with Crippen LogP contribution in [0.4, 0.5) is 18.9 Å². The predicted molar refractivity (Wildman–Crippen MR) is 92.3 cm³/mol. The number of allylic oxidation sites excluding steroid dienone is 1. The molecule has 2 rings (SSSR count). The summed E-state index contributed by atoms with van der Waals surface area (Å²) in [5.41, 5.74) is -1.02. The summed E-state index contributed by atoms with van der Waals surface area (Å²) in [7, 11) is 1.45. The molecular formula is C17H12BrF3N2O3. The molecule has 136 valence electrons. The molecule has 2 aromatic rings. The Morgan fingerprint density at radius 3 is 2.15 bits per heavy atom. The molecule has 0 atom stereocenters. The van der Waals surface area contributed by atoms with Crippen LogP contribution in [0.1, 0.15) is 5.56 Å². The zero-order valence-electron chi connectivity index (χ0n) is 13.3. The maximum Gasteiger partial charge on any atom is 0.456 e. The molecule has 2 aromatic carbocycles. The summed E-state index contributed by atoms with van der Waals surface area (Å²) >= 11 is 3.17. The van der Waals surface area contributed by atoms with Gasteiger partial charge in [-0.2, -0.15) is 18.3 Å². The van der Waals surface area contributed by atoms with E-state index in [9.17, 15) is 23.1 Å². The Morgan fingerprint density at radius 1 is 1.08 bits per heavy atom. The highest BCUT2D eigenvalue weighted by molar-refractivity contribution is 9.10. The quantitative estimate of drug-likeness (QED) is 0.382. The van der Waals surface area contributed by atoms with E-state index in [1.165, 1.54) is 55.6 Å². The van der Waals surface area contributed by atoms with Gasteiger partial charge in [0.25, 0.3) is 5.78 Å². The van der Waals surface area contributed by atoms with Gasteiger partial charge >= 0.3 is 6.18 Å². The second-order valence-electron chi connectivity index (χ2n) is 4.93. The van der Waals surface area contributed by atoms with Crippen molar-refractivity contribution in [2.75, 3.05) is 7.11 Å². The zero-order valence-corrected chi connectivity index (χ0v) is 14.9. The van der Waals surface area contributed by atoms with Crippen molar-refractivity contribution >= 4 is 33.2 Å². The van der Waals surface area contributed by atoms with Crippen molar-refractivity contribution in [1.82, 2.24) is 0 Å². The van der Waals surface area contributed by atoms with Gasteiger partial charge in [0.2, 0.25) is 0 Å². The number of carbonyl (C=O) groups excluding carboxylic acids is 1. The fourth-order valence-corrected chi connectivity index (χ4v) is 2.10. The maximum atomic E-state index is 12.8. The lowest BCUT2D eigenvalue weighted by Gasteiger charge is -2.08. The van der Waals surface area contributed by atoms with E-state index in [2.05, 4.69) is 26.2 Å². The van der Waals surface area contributed by atoms with Gasteiger partial charge in [-0.15, -0.1) is 5.11 Å². The molecule has 5 nitrogen and oxygen atoms in total. The van der Waals surface area contributed by atoms with Gasteiger partial charge in [-0.25, -0.2) is 0 Å². The third-order valence-corrected chi connectivity index (χ3v) is 3.68. The number of hydrogen-bond acceptors (Lipinski definition) is 5. The normalized spacial score (nSPS) is 12.8. The van der Waals surface area contributed by atoms with Gasteiger partial charge in [0.1, 0.15) is 5.75 Å². The number of aliphatic hydroxyl groups excluding tert-OH is 1. The van der Waals surface area contributed by atoms with Crippen molar-refractivity contribution in [1.29, 1.82) is 0 Å². The second kappa shape index (κ2) is 8.13. The van der Waals surface area contributed by atoms with Gasteiger partial charge < -0.3 is 9.84 Å². The van der Waals surface area contributed by atoms with Crippen LogP contribution in [0.25, 0.3) is 5.76 Å². The molecule has 0 amide bonds. The van der Waals surface area contributed by atoms with E-state index in [4.69, 9.17) is 4.74 Å². The van der Waals surface area contributed by atoms with Gasteiger partial charge in [-0.1, -0.05) is 28.1 Å². The number of alkyl halides is 3. The van der Waals surface area contributed by atoms with Crippen molar-refractivity contribution in [3.8, 4) is 5.75 Å². The van der Waals surface area contributed by atoms with Crippen molar-refractivity contribution in [3.63, 3.8) is 0 Å². The molecule has 1 N–H and O–H groups in total. The van der Waals surface area contributed by atoms with Crippen molar-refractivity contribution < 1.29 is 27.8 Å². The summed E-state index contributed by atoms with van der Waals surface area (Å²) in [6.07, 6.45) is -5.21. The number of ether oxygens (including phenoxy) is 1. The number of methoxy groups -OCH3 is 1. The van der Waals surface area contributed by atoms with Crippen molar-refractivity contribution in [2.45, 2.75) is 6.18 Å². The van der Waals surface area contributed by atoms with Crippen LogP contribution in [0.15, 0.2) is 68.9 Å². The first-order chi connectivity index (χ1) is 12.2. The van der Waals surface area contributed by atoms with Gasteiger partial charge in [0.15, 0.2) is 11.5 Å². The molecule has 0 bridgehead atoms. The monoisotopic (exact) mass is 428 g/mol. The van der Waals surface area contributed by atoms with Crippen LogP contribution in [-0.4, -0.2) is 24.2 Å². The van der Waals surface area contributed by atoms with E-state index in [0.29, 0.717) is 10.2 Å². The van der Waals surface area contributed by atoms with E-state index in [1.54, 1.807) is 0 Å². The number of carbonyl (C=O) groups is 1. The minimum atomic E-state index is -5.21. The molecule has 0 fully saturated rings. The Bertz CT molecular complexity index is 845. The minimum absolute atomic E-state index is 0.00511. The molecular weight excluding hydrogens is 417 g/mol. The number of benzene rings is 2. The summed E-state index contributed by atoms with van der Waals surface area (Å²) in [5, 5.41) is 17.1. The highest BCUT2D eigenvalue weighted by Gasteiger charge is 2.43. The zero-order chi connectivity index (χ0) is 19.3. The second-order valence-corrected chi connectivity index (χ2v) is 5.84. The summed E-state index contributed by atoms with van der Waals surface area (Å²) in [6.45, 7) is 0. The average molecular weight is 429 g/mol. The number of ketones is 1. The molecule has 9 heteroatoms. The molecule has 0 radical (unpaired) electrons. The molecule has 0 aromatic heterocycles. The summed E-state index contributed by atoms with van der Waals surface area (Å²) in [5.74, 6) is -2.70. The van der Waals surface area contributed by atoms with Crippen molar-refractivity contribution in [2.24, 2.45) is 10.2 Å². The third kappa shape index (κ3) is 4.92. The largest absolute Gasteiger partial charge is 0.505 e. The first kappa shape index (κ1) is 19.6. The Kier molecular flexibility index (Phi) is 6.14. The molecule has 0 aliphatic heterocycles. The average Bonchev–Trinajstić information content (AvgIpc) is 2.62. The van der Waals surface area contributed by atoms with E-state index >= 15 is 0 Å². The summed E-state index contributed by atoms with van der Waals surface area (Å²) in [4.78, 5) is 11.6. The smallest absolute Gasteiger partial charge is 0.456 e. The standard InChI is InChI=1S/C17H12BrF3N2O3/c1-26-13-8-6-12(7-9-13)22-23-14(16(25)17(19,20)21)15(24)10-2-4-11(18)5-3-10/h2-9,24H,1H3/b15-14+,23-22?. The van der Waals surface area contributed by atoms with E-state index in [1.807, 2.05) is 0 Å². The van der Waals surface area contributed by atoms with Crippen LogP contribution in [0, 0.1) is 0 Å². The lowest BCUT2D eigenvalue weighted by atomic mass is 10.1. The molecule has 0 heterocycles. The Labute approximate surface area is 155 Å². The van der Waals surface area contributed by atoms with Gasteiger partial charge in [-0.05, 0) is 36.4 Å². The number of hydrogen-bond donors (Lipinski definition) is 1. The predicted octanol–water partition coefficient (Wildman–Crippen LogP) is 5.60. The fourth-order valence-electron chi connectivity index (χ4n) is 1.84. The lowest BCUT2D eigenvalue weighted by Crippen LogP contribution is -2.24. The van der Waals surface area contributed by atoms with Crippen LogP contribution in [0.3, 0.4) is 0 Å². The summed E-state index contributed by atoms with van der Waals surface area (Å²) < 4.78 is 44.1. The molecule has 26 heavy (non-hydrogen) atoms. The van der Waals surface area contributed by atoms with Crippen LogP contribution in [-0.2, 0) is 4.79 Å². The SMILES string of the molecule is COc1ccc(N=N/C(C(=O)C(F)(F)F)=C(/O)c2ccc(Br)cc2)cc1. The first-order valence-corrected chi connectivity index (χ1v) is 7.88. The Morgan fingerprint density at radius 2 is 1.65 bits per heavy atom. The number of azo groups is 1. The number of nitrogens with zero attached hydrogens (tertiary/aromatic N) is 2. The molecule has 0 saturated heterocycles.